The third-order valence-electron chi connectivity index (χ3n) is 3.14. The fourth-order valence-electron chi connectivity index (χ4n) is 2.27. The lowest BCUT2D eigenvalue weighted by Crippen LogP contribution is -2.45. The van der Waals surface area contributed by atoms with Crippen LogP contribution in [0.5, 0.6) is 0 Å². The number of carbonyl (C=O) groups is 1. The Morgan fingerprint density at radius 3 is 3.12 bits per heavy atom. The molecule has 0 unspecified atom stereocenters. The molecular weight excluding hydrogens is 224 g/mol. The summed E-state index contributed by atoms with van der Waals surface area (Å²) in [5, 5.41) is 12.1. The Balaban J connectivity index is 2.14. The maximum Gasteiger partial charge on any atom is 0.320 e. The number of aromatic nitrogens is 1. The first kappa shape index (κ1) is 11.5. The van der Waals surface area contributed by atoms with E-state index in [1.165, 1.54) is 0 Å². The van der Waals surface area contributed by atoms with Crippen molar-refractivity contribution < 1.29 is 9.90 Å². The van der Waals surface area contributed by atoms with E-state index in [9.17, 15) is 9.90 Å². The predicted octanol–water partition coefficient (Wildman–Crippen LogP) is 2.14. The number of likely N-dealkylation sites (tertiary alicyclic amines) is 1. The first-order valence-electron chi connectivity index (χ1n) is 5.58. The standard InChI is InChI=1S/C11H16N2O2S/c1-8(10-12-5-7-16-10)13-6-3-2-4-9(13)11(14)15/h5,7-9H,2-4,6H2,1H3,(H,14,15)/t8-,9-/m0/s1. The molecule has 1 fully saturated rings. The molecular formula is C11H16N2O2S. The van der Waals surface area contributed by atoms with Gasteiger partial charge < -0.3 is 5.11 Å². The van der Waals surface area contributed by atoms with Crippen molar-refractivity contribution in [2.45, 2.75) is 38.3 Å². The highest BCUT2D eigenvalue weighted by atomic mass is 32.1. The summed E-state index contributed by atoms with van der Waals surface area (Å²) in [6, 6.07) is -0.228. The molecule has 0 saturated carbocycles. The molecule has 1 aliphatic rings. The summed E-state index contributed by atoms with van der Waals surface area (Å²) in [6.07, 6.45) is 4.62. The van der Waals surface area contributed by atoms with E-state index >= 15 is 0 Å². The molecule has 1 aliphatic heterocycles. The minimum Gasteiger partial charge on any atom is -0.480 e. The molecule has 0 aromatic carbocycles. The summed E-state index contributed by atoms with van der Waals surface area (Å²) >= 11 is 1.59. The van der Waals surface area contributed by atoms with Crippen molar-refractivity contribution in [1.82, 2.24) is 9.88 Å². The van der Waals surface area contributed by atoms with Crippen LogP contribution in [0.4, 0.5) is 0 Å². The van der Waals surface area contributed by atoms with Gasteiger partial charge in [-0.15, -0.1) is 11.3 Å². The molecule has 1 aromatic rings. The third kappa shape index (κ3) is 2.25. The Hall–Kier alpha value is -0.940. The van der Waals surface area contributed by atoms with Gasteiger partial charge in [-0.1, -0.05) is 6.42 Å². The maximum absolute atomic E-state index is 11.2. The molecule has 0 amide bonds. The summed E-state index contributed by atoms with van der Waals surface area (Å²) in [6.45, 7) is 2.90. The van der Waals surface area contributed by atoms with Crippen LogP contribution < -0.4 is 0 Å². The molecule has 0 radical (unpaired) electrons. The van der Waals surface area contributed by atoms with Crippen LogP contribution in [-0.4, -0.2) is 33.5 Å². The first-order valence-corrected chi connectivity index (χ1v) is 6.46. The van der Waals surface area contributed by atoms with Gasteiger partial charge in [0.25, 0.3) is 0 Å². The number of nitrogens with zero attached hydrogens (tertiary/aromatic N) is 2. The average molecular weight is 240 g/mol. The maximum atomic E-state index is 11.2. The second-order valence-electron chi connectivity index (χ2n) is 4.13. The van der Waals surface area contributed by atoms with Gasteiger partial charge in [0.05, 0.1) is 6.04 Å². The predicted molar refractivity (Wildman–Crippen MR) is 62.5 cm³/mol. The highest BCUT2D eigenvalue weighted by molar-refractivity contribution is 7.09. The summed E-state index contributed by atoms with van der Waals surface area (Å²) < 4.78 is 0. The van der Waals surface area contributed by atoms with E-state index in [4.69, 9.17) is 0 Å². The van der Waals surface area contributed by atoms with Gasteiger partial charge in [-0.2, -0.15) is 0 Å². The molecule has 4 nitrogen and oxygen atoms in total. The molecule has 1 N–H and O–H groups in total. The van der Waals surface area contributed by atoms with E-state index in [0.717, 1.165) is 30.8 Å². The number of carboxylic acid groups (broad SMARTS) is 1. The Bertz CT molecular complexity index is 353. The van der Waals surface area contributed by atoms with Crippen LogP contribution in [0.25, 0.3) is 0 Å². The minimum absolute atomic E-state index is 0.112. The van der Waals surface area contributed by atoms with E-state index in [2.05, 4.69) is 9.88 Å². The fraction of sp³-hybridized carbons (Fsp3) is 0.636. The summed E-state index contributed by atoms with van der Waals surface area (Å²) in [5.74, 6) is -0.705. The molecule has 16 heavy (non-hydrogen) atoms. The van der Waals surface area contributed by atoms with Crippen molar-refractivity contribution in [3.63, 3.8) is 0 Å². The van der Waals surface area contributed by atoms with Gasteiger partial charge in [-0.3, -0.25) is 9.69 Å². The molecule has 88 valence electrons. The molecule has 0 spiro atoms. The molecule has 2 heterocycles. The summed E-state index contributed by atoms with van der Waals surface area (Å²) in [7, 11) is 0. The van der Waals surface area contributed by atoms with Gasteiger partial charge in [0.15, 0.2) is 0 Å². The third-order valence-corrected chi connectivity index (χ3v) is 4.08. The lowest BCUT2D eigenvalue weighted by molar-refractivity contribution is -0.145. The van der Waals surface area contributed by atoms with Crippen molar-refractivity contribution in [2.75, 3.05) is 6.54 Å². The lowest BCUT2D eigenvalue weighted by Gasteiger charge is -2.36. The Morgan fingerprint density at radius 2 is 2.50 bits per heavy atom. The number of rotatable bonds is 3. The second-order valence-corrected chi connectivity index (χ2v) is 5.06. The molecule has 5 heteroatoms. The zero-order valence-electron chi connectivity index (χ0n) is 9.30. The van der Waals surface area contributed by atoms with Crippen LogP contribution in [-0.2, 0) is 4.79 Å². The Morgan fingerprint density at radius 1 is 1.69 bits per heavy atom. The Labute approximate surface area is 98.9 Å². The van der Waals surface area contributed by atoms with Crippen LogP contribution in [0, 0.1) is 0 Å². The van der Waals surface area contributed by atoms with Crippen molar-refractivity contribution in [2.24, 2.45) is 0 Å². The van der Waals surface area contributed by atoms with E-state index in [1.807, 2.05) is 12.3 Å². The molecule has 0 aliphatic carbocycles. The SMILES string of the molecule is C[C@@H](c1nccs1)N1CCCC[C@H]1C(=O)O. The number of carboxylic acids is 1. The van der Waals surface area contributed by atoms with Crippen molar-refractivity contribution in [3.8, 4) is 0 Å². The first-order chi connectivity index (χ1) is 7.70. The topological polar surface area (TPSA) is 53.4 Å². The van der Waals surface area contributed by atoms with E-state index in [1.54, 1.807) is 17.5 Å². The van der Waals surface area contributed by atoms with Crippen LogP contribution in [0.3, 0.4) is 0 Å². The zero-order chi connectivity index (χ0) is 11.5. The number of hydrogen-bond donors (Lipinski definition) is 1. The van der Waals surface area contributed by atoms with Crippen LogP contribution in [0.1, 0.15) is 37.2 Å². The van der Waals surface area contributed by atoms with E-state index in [0.29, 0.717) is 0 Å². The average Bonchev–Trinajstić information content (AvgIpc) is 2.81. The van der Waals surface area contributed by atoms with Gasteiger partial charge in [0.2, 0.25) is 0 Å². The summed E-state index contributed by atoms with van der Waals surface area (Å²) in [5.41, 5.74) is 0. The molecule has 1 aromatic heterocycles. The van der Waals surface area contributed by atoms with E-state index in [-0.39, 0.29) is 12.1 Å². The zero-order valence-corrected chi connectivity index (χ0v) is 10.1. The van der Waals surface area contributed by atoms with Gasteiger partial charge in [0, 0.05) is 11.6 Å². The lowest BCUT2D eigenvalue weighted by atomic mass is 10.0. The number of piperidine rings is 1. The highest BCUT2D eigenvalue weighted by Crippen LogP contribution is 2.29. The minimum atomic E-state index is -0.705. The second kappa shape index (κ2) is 4.93. The van der Waals surface area contributed by atoms with Crippen LogP contribution in [0.2, 0.25) is 0 Å². The van der Waals surface area contributed by atoms with Gasteiger partial charge >= 0.3 is 5.97 Å². The fourth-order valence-corrected chi connectivity index (χ4v) is 2.98. The van der Waals surface area contributed by atoms with Gasteiger partial charge in [-0.05, 0) is 26.3 Å². The molecule has 1 saturated heterocycles. The Kier molecular flexibility index (Phi) is 3.56. The number of aliphatic carboxylic acids is 1. The van der Waals surface area contributed by atoms with E-state index < -0.39 is 5.97 Å². The van der Waals surface area contributed by atoms with Crippen molar-refractivity contribution >= 4 is 17.3 Å². The number of thiazole rings is 1. The number of hydrogen-bond acceptors (Lipinski definition) is 4. The molecule has 2 rings (SSSR count). The van der Waals surface area contributed by atoms with Crippen molar-refractivity contribution in [3.05, 3.63) is 16.6 Å². The molecule has 2 atom stereocenters. The largest absolute Gasteiger partial charge is 0.480 e. The van der Waals surface area contributed by atoms with Gasteiger partial charge in [-0.25, -0.2) is 4.98 Å². The van der Waals surface area contributed by atoms with Crippen LogP contribution >= 0.6 is 11.3 Å². The van der Waals surface area contributed by atoms with Crippen molar-refractivity contribution in [1.29, 1.82) is 0 Å². The summed E-state index contributed by atoms with van der Waals surface area (Å²) in [4.78, 5) is 17.5. The quantitative estimate of drug-likeness (QED) is 0.879. The highest BCUT2D eigenvalue weighted by Gasteiger charge is 2.32. The van der Waals surface area contributed by atoms with Gasteiger partial charge in [0.1, 0.15) is 11.0 Å². The monoisotopic (exact) mass is 240 g/mol. The van der Waals surface area contributed by atoms with Crippen LogP contribution in [0.15, 0.2) is 11.6 Å². The normalized spacial score (nSPS) is 24.2. The molecule has 0 bridgehead atoms. The smallest absolute Gasteiger partial charge is 0.320 e.